The molecular formula is C25H27NO2. The molecule has 0 saturated carbocycles. The molecule has 0 amide bonds. The van der Waals surface area contributed by atoms with Gasteiger partial charge in [-0.05, 0) is 66.2 Å². The summed E-state index contributed by atoms with van der Waals surface area (Å²) in [5.41, 5.74) is 3.11. The lowest BCUT2D eigenvalue weighted by atomic mass is 9.87. The highest BCUT2D eigenvalue weighted by Crippen LogP contribution is 2.33. The van der Waals surface area contributed by atoms with Crippen LogP contribution in [0.15, 0.2) is 60.7 Å². The summed E-state index contributed by atoms with van der Waals surface area (Å²) in [6.45, 7) is 3.29. The van der Waals surface area contributed by atoms with Crippen molar-refractivity contribution in [3.63, 3.8) is 0 Å². The summed E-state index contributed by atoms with van der Waals surface area (Å²) in [4.78, 5) is 13.9. The van der Waals surface area contributed by atoms with Crippen molar-refractivity contribution in [2.75, 3.05) is 13.1 Å². The fraction of sp³-hybridized carbons (Fsp3) is 0.320. The first kappa shape index (κ1) is 18.7. The van der Waals surface area contributed by atoms with Gasteiger partial charge in [-0.25, -0.2) is 0 Å². The third-order valence-corrected chi connectivity index (χ3v) is 5.97. The molecule has 0 bridgehead atoms. The van der Waals surface area contributed by atoms with Crippen molar-refractivity contribution in [3.05, 3.63) is 77.4 Å². The SMILES string of the molecule is O=Cc1c(O)ccc2cc(C3CCCCN(Cc4ccccc4)CC3)ccc12. The molecule has 1 aliphatic heterocycles. The van der Waals surface area contributed by atoms with Gasteiger partial charge in [-0.2, -0.15) is 0 Å². The second kappa shape index (κ2) is 8.57. The lowest BCUT2D eigenvalue weighted by Crippen LogP contribution is -2.28. The molecule has 1 N–H and O–H groups in total. The fourth-order valence-electron chi connectivity index (χ4n) is 4.39. The van der Waals surface area contributed by atoms with E-state index in [0.717, 1.165) is 36.6 Å². The third-order valence-electron chi connectivity index (χ3n) is 5.97. The Labute approximate surface area is 166 Å². The Bertz CT molecular complexity index is 951. The molecule has 3 nitrogen and oxygen atoms in total. The van der Waals surface area contributed by atoms with Crippen LogP contribution >= 0.6 is 0 Å². The van der Waals surface area contributed by atoms with Gasteiger partial charge in [0.05, 0.1) is 5.56 Å². The Morgan fingerprint density at radius 2 is 1.82 bits per heavy atom. The number of nitrogens with zero attached hydrogens (tertiary/aromatic N) is 1. The van der Waals surface area contributed by atoms with Crippen LogP contribution in [0.2, 0.25) is 0 Å². The fourth-order valence-corrected chi connectivity index (χ4v) is 4.39. The van der Waals surface area contributed by atoms with Gasteiger partial charge < -0.3 is 5.11 Å². The number of hydrogen-bond donors (Lipinski definition) is 1. The van der Waals surface area contributed by atoms with Gasteiger partial charge in [-0.3, -0.25) is 9.69 Å². The summed E-state index contributed by atoms with van der Waals surface area (Å²) in [5.74, 6) is 0.592. The molecule has 144 valence electrons. The van der Waals surface area contributed by atoms with Crippen LogP contribution in [0.5, 0.6) is 5.75 Å². The number of rotatable bonds is 4. The normalized spacial score (nSPS) is 18.5. The van der Waals surface area contributed by atoms with E-state index in [9.17, 15) is 9.90 Å². The van der Waals surface area contributed by atoms with E-state index in [4.69, 9.17) is 0 Å². The largest absolute Gasteiger partial charge is 0.507 e. The maximum atomic E-state index is 11.3. The zero-order valence-corrected chi connectivity index (χ0v) is 16.2. The quantitative estimate of drug-likeness (QED) is 0.612. The van der Waals surface area contributed by atoms with Crippen LogP contribution in [-0.2, 0) is 6.54 Å². The van der Waals surface area contributed by atoms with Crippen LogP contribution in [0.25, 0.3) is 10.8 Å². The van der Waals surface area contributed by atoms with E-state index in [1.54, 1.807) is 6.07 Å². The average Bonchev–Trinajstić information content (AvgIpc) is 2.71. The average molecular weight is 373 g/mol. The Morgan fingerprint density at radius 3 is 2.64 bits per heavy atom. The second-order valence-corrected chi connectivity index (χ2v) is 7.84. The molecule has 3 aromatic rings. The minimum Gasteiger partial charge on any atom is -0.507 e. The first-order valence-electron chi connectivity index (χ1n) is 10.2. The molecule has 1 aliphatic rings. The lowest BCUT2D eigenvalue weighted by molar-refractivity contribution is 0.112. The number of carbonyl (C=O) groups is 1. The molecular weight excluding hydrogens is 346 g/mol. The number of fused-ring (bicyclic) bond motifs is 1. The number of phenols is 1. The molecule has 1 atom stereocenters. The van der Waals surface area contributed by atoms with Crippen LogP contribution in [-0.4, -0.2) is 29.4 Å². The van der Waals surface area contributed by atoms with Gasteiger partial charge in [-0.1, -0.05) is 61.0 Å². The van der Waals surface area contributed by atoms with E-state index in [-0.39, 0.29) is 5.75 Å². The zero-order chi connectivity index (χ0) is 19.3. The van der Waals surface area contributed by atoms with Crippen molar-refractivity contribution >= 4 is 17.1 Å². The van der Waals surface area contributed by atoms with E-state index in [1.807, 2.05) is 12.1 Å². The molecule has 0 spiro atoms. The molecule has 0 aliphatic carbocycles. The molecule has 0 radical (unpaired) electrons. The van der Waals surface area contributed by atoms with Crippen LogP contribution in [0.1, 0.15) is 53.1 Å². The van der Waals surface area contributed by atoms with Crippen molar-refractivity contribution in [1.29, 1.82) is 0 Å². The van der Waals surface area contributed by atoms with Crippen molar-refractivity contribution < 1.29 is 9.90 Å². The van der Waals surface area contributed by atoms with E-state index >= 15 is 0 Å². The second-order valence-electron chi connectivity index (χ2n) is 7.84. The van der Waals surface area contributed by atoms with E-state index < -0.39 is 0 Å². The van der Waals surface area contributed by atoms with Gasteiger partial charge in [0, 0.05) is 6.54 Å². The number of aldehydes is 1. The molecule has 28 heavy (non-hydrogen) atoms. The predicted octanol–water partition coefficient (Wildman–Crippen LogP) is 5.52. The summed E-state index contributed by atoms with van der Waals surface area (Å²) in [6.07, 6.45) is 5.58. The highest BCUT2D eigenvalue weighted by Gasteiger charge is 2.18. The minimum atomic E-state index is 0.0535. The molecule has 1 unspecified atom stereocenters. The molecule has 4 rings (SSSR count). The van der Waals surface area contributed by atoms with Crippen molar-refractivity contribution in [2.24, 2.45) is 0 Å². The van der Waals surface area contributed by atoms with E-state index in [1.165, 1.54) is 36.9 Å². The Balaban J connectivity index is 1.52. The number of hydrogen-bond acceptors (Lipinski definition) is 3. The molecule has 3 aromatic carbocycles. The maximum Gasteiger partial charge on any atom is 0.154 e. The third kappa shape index (κ3) is 4.10. The van der Waals surface area contributed by atoms with Gasteiger partial charge in [0.15, 0.2) is 6.29 Å². The first-order chi connectivity index (χ1) is 13.7. The van der Waals surface area contributed by atoms with E-state index in [2.05, 4.69) is 47.4 Å². The minimum absolute atomic E-state index is 0.0535. The van der Waals surface area contributed by atoms with E-state index in [0.29, 0.717) is 11.5 Å². The highest BCUT2D eigenvalue weighted by atomic mass is 16.3. The number of likely N-dealkylation sites (tertiary alicyclic amines) is 1. The molecule has 1 heterocycles. The van der Waals surface area contributed by atoms with Crippen LogP contribution < -0.4 is 0 Å². The van der Waals surface area contributed by atoms with Crippen molar-refractivity contribution in [1.82, 2.24) is 4.90 Å². The first-order valence-corrected chi connectivity index (χ1v) is 10.2. The monoisotopic (exact) mass is 373 g/mol. The molecule has 0 aromatic heterocycles. The Hall–Kier alpha value is -2.65. The number of phenolic OH excluding ortho intramolecular Hbond substituents is 1. The summed E-state index contributed by atoms with van der Waals surface area (Å²) in [6, 6.07) is 20.6. The zero-order valence-electron chi connectivity index (χ0n) is 16.2. The smallest absolute Gasteiger partial charge is 0.154 e. The van der Waals surface area contributed by atoms with Crippen molar-refractivity contribution in [3.8, 4) is 5.75 Å². The topological polar surface area (TPSA) is 40.5 Å². The number of aromatic hydroxyl groups is 1. The van der Waals surface area contributed by atoms with Gasteiger partial charge in [0.2, 0.25) is 0 Å². The molecule has 3 heteroatoms. The predicted molar refractivity (Wildman–Crippen MR) is 114 cm³/mol. The lowest BCUT2D eigenvalue weighted by Gasteiger charge is -2.29. The maximum absolute atomic E-state index is 11.3. The van der Waals surface area contributed by atoms with Gasteiger partial charge in [-0.15, -0.1) is 0 Å². The molecule has 1 fully saturated rings. The van der Waals surface area contributed by atoms with Crippen LogP contribution in [0.3, 0.4) is 0 Å². The highest BCUT2D eigenvalue weighted by molar-refractivity contribution is 6.00. The number of carbonyl (C=O) groups excluding carboxylic acids is 1. The van der Waals surface area contributed by atoms with Crippen LogP contribution in [0.4, 0.5) is 0 Å². The van der Waals surface area contributed by atoms with Crippen LogP contribution in [0, 0.1) is 0 Å². The Morgan fingerprint density at radius 1 is 0.964 bits per heavy atom. The van der Waals surface area contributed by atoms with Crippen molar-refractivity contribution in [2.45, 2.75) is 38.1 Å². The summed E-state index contributed by atoms with van der Waals surface area (Å²) >= 11 is 0. The summed E-state index contributed by atoms with van der Waals surface area (Å²) in [7, 11) is 0. The van der Waals surface area contributed by atoms with Gasteiger partial charge >= 0.3 is 0 Å². The number of benzene rings is 3. The molecule has 1 saturated heterocycles. The summed E-state index contributed by atoms with van der Waals surface area (Å²) in [5, 5.41) is 11.8. The Kier molecular flexibility index (Phi) is 5.73. The standard InChI is InChI=1S/C25H27NO2/c27-18-24-23-11-9-21(16-22(23)10-12-25(24)28)20-8-4-5-14-26(15-13-20)17-19-6-2-1-3-7-19/h1-3,6-7,9-12,16,18,20,28H,4-5,8,13-15,17H2. The van der Waals surface area contributed by atoms with Gasteiger partial charge in [0.25, 0.3) is 0 Å². The summed E-state index contributed by atoms with van der Waals surface area (Å²) < 4.78 is 0. The van der Waals surface area contributed by atoms with Gasteiger partial charge in [0.1, 0.15) is 5.75 Å².